The van der Waals surface area contributed by atoms with Crippen LogP contribution >= 0.6 is 0 Å². The lowest BCUT2D eigenvalue weighted by molar-refractivity contribution is -0.120. The second-order valence-electron chi connectivity index (χ2n) is 3.58. The molecule has 0 saturated carbocycles. The molecule has 1 unspecified atom stereocenters. The summed E-state index contributed by atoms with van der Waals surface area (Å²) in [5, 5.41) is 0. The third-order valence-electron chi connectivity index (χ3n) is 2.40. The molecule has 1 heterocycles. The number of hydrogen-bond donors (Lipinski definition) is 0. The van der Waals surface area contributed by atoms with Crippen molar-refractivity contribution in [1.29, 1.82) is 0 Å². The van der Waals surface area contributed by atoms with Gasteiger partial charge in [-0.3, -0.25) is 9.78 Å². The van der Waals surface area contributed by atoms with Gasteiger partial charge in [-0.2, -0.15) is 0 Å². The Morgan fingerprint density at radius 3 is 2.67 bits per heavy atom. The van der Waals surface area contributed by atoms with E-state index in [1.54, 1.807) is 6.07 Å². The van der Waals surface area contributed by atoms with Crippen molar-refractivity contribution in [1.82, 2.24) is 4.98 Å². The summed E-state index contributed by atoms with van der Waals surface area (Å²) in [6, 6.07) is 2.95. The van der Waals surface area contributed by atoms with E-state index >= 15 is 0 Å². The van der Waals surface area contributed by atoms with Crippen molar-refractivity contribution in [3.05, 3.63) is 29.8 Å². The average molecular weight is 209 g/mol. The summed E-state index contributed by atoms with van der Waals surface area (Å²) in [4.78, 5) is 15.7. The van der Waals surface area contributed by atoms with Crippen LogP contribution in [0.4, 0.5) is 4.39 Å². The summed E-state index contributed by atoms with van der Waals surface area (Å²) in [6.07, 6.45) is 3.29. The maximum Gasteiger partial charge on any atom is 0.141 e. The van der Waals surface area contributed by atoms with Gasteiger partial charge in [-0.05, 0) is 25.0 Å². The summed E-state index contributed by atoms with van der Waals surface area (Å²) >= 11 is 0. The zero-order valence-corrected chi connectivity index (χ0v) is 9.16. The third kappa shape index (κ3) is 3.11. The number of carbonyl (C=O) groups excluding carboxylic acids is 1. The molecule has 1 atom stereocenters. The largest absolute Gasteiger partial charge is 0.299 e. The Labute approximate surface area is 89.5 Å². The van der Waals surface area contributed by atoms with Crippen molar-refractivity contribution in [2.75, 3.05) is 0 Å². The minimum Gasteiger partial charge on any atom is -0.299 e. The molecular weight excluding hydrogens is 193 g/mol. The van der Waals surface area contributed by atoms with Gasteiger partial charge in [0.2, 0.25) is 0 Å². The molecule has 0 radical (unpaired) electrons. The molecule has 82 valence electrons. The molecule has 0 bridgehead atoms. The van der Waals surface area contributed by atoms with E-state index in [2.05, 4.69) is 4.98 Å². The number of rotatable bonds is 5. The number of pyridine rings is 1. The normalized spacial score (nSPS) is 12.5. The van der Waals surface area contributed by atoms with E-state index in [0.717, 1.165) is 19.0 Å². The van der Waals surface area contributed by atoms with Crippen molar-refractivity contribution in [2.24, 2.45) is 0 Å². The number of ketones is 1. The maximum atomic E-state index is 12.7. The molecule has 0 aliphatic heterocycles. The standard InChI is InChI=1S/C12H16FNO/c1-3-5-12(15)10(4-2)11-7-6-9(13)8-14-11/h6-8,10H,3-5H2,1-2H3. The van der Waals surface area contributed by atoms with Crippen LogP contribution in [0.15, 0.2) is 18.3 Å². The molecule has 15 heavy (non-hydrogen) atoms. The van der Waals surface area contributed by atoms with E-state index in [1.165, 1.54) is 6.07 Å². The van der Waals surface area contributed by atoms with Gasteiger partial charge >= 0.3 is 0 Å². The summed E-state index contributed by atoms with van der Waals surface area (Å²) < 4.78 is 12.7. The van der Waals surface area contributed by atoms with E-state index in [-0.39, 0.29) is 17.5 Å². The van der Waals surface area contributed by atoms with Crippen LogP contribution in [0.3, 0.4) is 0 Å². The fraction of sp³-hybridized carbons (Fsp3) is 0.500. The first-order valence-electron chi connectivity index (χ1n) is 5.33. The highest BCUT2D eigenvalue weighted by Gasteiger charge is 2.18. The van der Waals surface area contributed by atoms with E-state index in [4.69, 9.17) is 0 Å². The summed E-state index contributed by atoms with van der Waals surface area (Å²) in [6.45, 7) is 3.92. The minimum atomic E-state index is -0.364. The van der Waals surface area contributed by atoms with Crippen molar-refractivity contribution in [3.63, 3.8) is 0 Å². The predicted molar refractivity (Wildman–Crippen MR) is 57.1 cm³/mol. The van der Waals surface area contributed by atoms with Crippen LogP contribution < -0.4 is 0 Å². The van der Waals surface area contributed by atoms with E-state index in [0.29, 0.717) is 12.1 Å². The highest BCUT2D eigenvalue weighted by molar-refractivity contribution is 5.85. The molecule has 3 heteroatoms. The van der Waals surface area contributed by atoms with Crippen molar-refractivity contribution >= 4 is 5.78 Å². The Morgan fingerprint density at radius 1 is 1.47 bits per heavy atom. The van der Waals surface area contributed by atoms with Gasteiger partial charge in [-0.1, -0.05) is 13.8 Å². The molecule has 2 nitrogen and oxygen atoms in total. The molecule has 0 aliphatic rings. The van der Waals surface area contributed by atoms with Gasteiger partial charge in [0.05, 0.1) is 17.8 Å². The Bertz CT molecular complexity index is 321. The summed E-state index contributed by atoms with van der Waals surface area (Å²) in [5.74, 6) is -0.346. The first-order valence-corrected chi connectivity index (χ1v) is 5.33. The highest BCUT2D eigenvalue weighted by atomic mass is 19.1. The van der Waals surface area contributed by atoms with Gasteiger partial charge in [0.1, 0.15) is 11.6 Å². The van der Waals surface area contributed by atoms with E-state index in [9.17, 15) is 9.18 Å². The molecule has 0 aromatic carbocycles. The molecule has 0 saturated heterocycles. The molecule has 0 aliphatic carbocycles. The van der Waals surface area contributed by atoms with Gasteiger partial charge in [-0.25, -0.2) is 4.39 Å². The Balaban J connectivity index is 2.82. The number of carbonyl (C=O) groups is 1. The monoisotopic (exact) mass is 209 g/mol. The number of nitrogens with zero attached hydrogens (tertiary/aromatic N) is 1. The van der Waals surface area contributed by atoms with Crippen molar-refractivity contribution < 1.29 is 9.18 Å². The Hall–Kier alpha value is -1.25. The van der Waals surface area contributed by atoms with Gasteiger partial charge < -0.3 is 0 Å². The third-order valence-corrected chi connectivity index (χ3v) is 2.40. The number of aromatic nitrogens is 1. The van der Waals surface area contributed by atoms with E-state index in [1.807, 2.05) is 13.8 Å². The molecule has 0 amide bonds. The lowest BCUT2D eigenvalue weighted by Gasteiger charge is -2.12. The van der Waals surface area contributed by atoms with Crippen LogP contribution in [0.2, 0.25) is 0 Å². The summed E-state index contributed by atoms with van der Waals surface area (Å²) in [5.41, 5.74) is 0.678. The topological polar surface area (TPSA) is 30.0 Å². The number of hydrogen-bond acceptors (Lipinski definition) is 2. The van der Waals surface area contributed by atoms with Crippen LogP contribution in [0.25, 0.3) is 0 Å². The second-order valence-corrected chi connectivity index (χ2v) is 3.58. The van der Waals surface area contributed by atoms with Crippen LogP contribution in [0, 0.1) is 5.82 Å². The molecule has 1 aromatic rings. The van der Waals surface area contributed by atoms with Crippen molar-refractivity contribution in [3.8, 4) is 0 Å². The Morgan fingerprint density at radius 2 is 2.20 bits per heavy atom. The first-order chi connectivity index (χ1) is 7.19. The van der Waals surface area contributed by atoms with Gasteiger partial charge in [0.25, 0.3) is 0 Å². The van der Waals surface area contributed by atoms with Crippen LogP contribution in [-0.4, -0.2) is 10.8 Å². The zero-order valence-electron chi connectivity index (χ0n) is 9.16. The molecule has 0 N–H and O–H groups in total. The lowest BCUT2D eigenvalue weighted by Crippen LogP contribution is -2.12. The maximum absolute atomic E-state index is 12.7. The average Bonchev–Trinajstić information content (AvgIpc) is 2.22. The first kappa shape index (κ1) is 11.8. The second kappa shape index (κ2) is 5.59. The molecule has 0 fully saturated rings. The van der Waals surface area contributed by atoms with Crippen LogP contribution in [0.1, 0.15) is 44.7 Å². The molecule has 1 aromatic heterocycles. The zero-order chi connectivity index (χ0) is 11.3. The van der Waals surface area contributed by atoms with Gasteiger partial charge in [0.15, 0.2) is 0 Å². The molecular formula is C12H16FNO. The quantitative estimate of drug-likeness (QED) is 0.745. The SMILES string of the molecule is CCCC(=O)C(CC)c1ccc(F)cn1. The van der Waals surface area contributed by atoms with Gasteiger partial charge in [-0.15, -0.1) is 0 Å². The summed E-state index contributed by atoms with van der Waals surface area (Å²) in [7, 11) is 0. The fourth-order valence-electron chi connectivity index (χ4n) is 1.62. The van der Waals surface area contributed by atoms with Crippen LogP contribution in [-0.2, 0) is 4.79 Å². The lowest BCUT2D eigenvalue weighted by atomic mass is 9.94. The number of Topliss-reactive ketones (excluding diaryl/α,β-unsaturated/α-hetero) is 1. The van der Waals surface area contributed by atoms with Gasteiger partial charge in [0, 0.05) is 6.42 Å². The molecule has 1 rings (SSSR count). The minimum absolute atomic E-state index is 0.175. The highest BCUT2D eigenvalue weighted by Crippen LogP contribution is 2.20. The fourth-order valence-corrected chi connectivity index (χ4v) is 1.62. The predicted octanol–water partition coefficient (Wildman–Crippen LogP) is 3.08. The molecule has 0 spiro atoms. The van der Waals surface area contributed by atoms with Crippen molar-refractivity contribution in [2.45, 2.75) is 39.0 Å². The van der Waals surface area contributed by atoms with E-state index < -0.39 is 0 Å². The van der Waals surface area contributed by atoms with Crippen LogP contribution in [0.5, 0.6) is 0 Å². The smallest absolute Gasteiger partial charge is 0.141 e. The number of halogens is 1. The Kier molecular flexibility index (Phi) is 4.40.